The van der Waals surface area contributed by atoms with Crippen molar-refractivity contribution in [1.29, 1.82) is 0 Å². The molecule has 10 nitrogen and oxygen atoms in total. The Kier molecular flexibility index (Phi) is 6.45. The van der Waals surface area contributed by atoms with Gasteiger partial charge in [0.2, 0.25) is 5.78 Å². The standard InChI is InChI=1S/C25H21N3O7/c1-4-35-25(30)17-12-21(24(29)16-7-5-6-8-19(16)28(31)32)27-14-26-18(13-20(17)27)15-9-10-22(33-2)23(11-15)34-3/h5-14H,4H2,1-3H3. The number of esters is 1. The van der Waals surface area contributed by atoms with Gasteiger partial charge in [0.05, 0.1) is 48.2 Å². The van der Waals surface area contributed by atoms with Gasteiger partial charge in [0.1, 0.15) is 11.9 Å². The summed E-state index contributed by atoms with van der Waals surface area (Å²) in [5, 5.41) is 11.5. The lowest BCUT2D eigenvalue weighted by atomic mass is 10.1. The summed E-state index contributed by atoms with van der Waals surface area (Å²) in [5.74, 6) is -0.205. The number of carbonyl (C=O) groups is 2. The third-order valence-corrected chi connectivity index (χ3v) is 5.41. The van der Waals surface area contributed by atoms with Crippen LogP contribution in [0.2, 0.25) is 0 Å². The van der Waals surface area contributed by atoms with Gasteiger partial charge in [-0.15, -0.1) is 0 Å². The topological polar surface area (TPSA) is 122 Å². The number of rotatable bonds is 8. The molecule has 0 amide bonds. The van der Waals surface area contributed by atoms with E-state index in [0.717, 1.165) is 0 Å². The second-order valence-corrected chi connectivity index (χ2v) is 7.37. The molecule has 0 radical (unpaired) electrons. The Morgan fingerprint density at radius 3 is 2.43 bits per heavy atom. The first-order valence-corrected chi connectivity index (χ1v) is 10.6. The van der Waals surface area contributed by atoms with Gasteiger partial charge in [-0.25, -0.2) is 9.78 Å². The maximum atomic E-state index is 13.4. The molecule has 4 aromatic rings. The normalized spacial score (nSPS) is 10.7. The van der Waals surface area contributed by atoms with E-state index < -0.39 is 16.7 Å². The smallest absolute Gasteiger partial charge is 0.340 e. The highest BCUT2D eigenvalue weighted by Crippen LogP contribution is 2.33. The van der Waals surface area contributed by atoms with Gasteiger partial charge < -0.3 is 14.2 Å². The van der Waals surface area contributed by atoms with Gasteiger partial charge in [0, 0.05) is 11.6 Å². The van der Waals surface area contributed by atoms with Crippen LogP contribution in [0.25, 0.3) is 16.8 Å². The molecule has 0 fully saturated rings. The number of nitro groups is 1. The van der Waals surface area contributed by atoms with Crippen LogP contribution in [0.1, 0.15) is 33.3 Å². The summed E-state index contributed by atoms with van der Waals surface area (Å²) in [6, 6.07) is 13.9. The fraction of sp³-hybridized carbons (Fsp3) is 0.160. The minimum Gasteiger partial charge on any atom is -0.493 e. The molecule has 0 aliphatic heterocycles. The zero-order valence-electron chi connectivity index (χ0n) is 19.2. The number of ether oxygens (including phenoxy) is 3. The molecule has 0 spiro atoms. The molecule has 10 heteroatoms. The molecule has 0 bridgehead atoms. The van der Waals surface area contributed by atoms with Crippen molar-refractivity contribution in [3.63, 3.8) is 0 Å². The summed E-state index contributed by atoms with van der Waals surface area (Å²) < 4.78 is 17.2. The number of hydrogen-bond donors (Lipinski definition) is 0. The molecule has 35 heavy (non-hydrogen) atoms. The van der Waals surface area contributed by atoms with E-state index in [-0.39, 0.29) is 29.1 Å². The number of carbonyl (C=O) groups excluding carboxylic acids is 2. The Bertz CT molecular complexity index is 1460. The van der Waals surface area contributed by atoms with Crippen LogP contribution < -0.4 is 9.47 Å². The zero-order valence-corrected chi connectivity index (χ0v) is 19.2. The number of nitro benzene ring substituents is 1. The largest absolute Gasteiger partial charge is 0.493 e. The first-order chi connectivity index (χ1) is 16.9. The average Bonchev–Trinajstić information content (AvgIpc) is 3.27. The van der Waals surface area contributed by atoms with Gasteiger partial charge in [0.25, 0.3) is 5.69 Å². The maximum Gasteiger partial charge on any atom is 0.340 e. The Morgan fingerprint density at radius 2 is 1.74 bits per heavy atom. The van der Waals surface area contributed by atoms with Crippen molar-refractivity contribution in [2.45, 2.75) is 6.92 Å². The van der Waals surface area contributed by atoms with E-state index >= 15 is 0 Å². The van der Waals surface area contributed by atoms with Crippen LogP contribution in [0.3, 0.4) is 0 Å². The third kappa shape index (κ3) is 4.29. The summed E-state index contributed by atoms with van der Waals surface area (Å²) in [5.41, 5.74) is 1.31. The lowest BCUT2D eigenvalue weighted by molar-refractivity contribution is -0.385. The number of hydrogen-bond acceptors (Lipinski definition) is 8. The van der Waals surface area contributed by atoms with Crippen LogP contribution in [-0.4, -0.2) is 46.9 Å². The molecule has 0 saturated heterocycles. The molecule has 0 aliphatic rings. The predicted octanol–water partition coefficient (Wildman–Crippen LogP) is 4.33. The molecule has 2 heterocycles. The average molecular weight is 475 g/mol. The second kappa shape index (κ2) is 9.64. The minimum atomic E-state index is -0.629. The summed E-state index contributed by atoms with van der Waals surface area (Å²) in [6.45, 7) is 1.81. The van der Waals surface area contributed by atoms with Crippen molar-refractivity contribution in [3.05, 3.63) is 87.9 Å². The highest BCUT2D eigenvalue weighted by Gasteiger charge is 2.26. The molecule has 0 saturated carbocycles. The van der Waals surface area contributed by atoms with E-state index in [9.17, 15) is 19.7 Å². The number of para-hydroxylation sites is 1. The predicted molar refractivity (Wildman–Crippen MR) is 126 cm³/mol. The first kappa shape index (κ1) is 23.4. The third-order valence-electron chi connectivity index (χ3n) is 5.41. The van der Waals surface area contributed by atoms with E-state index in [1.165, 1.54) is 55.3 Å². The van der Waals surface area contributed by atoms with Crippen LogP contribution in [0, 0.1) is 10.1 Å². The van der Waals surface area contributed by atoms with Gasteiger partial charge in [-0.2, -0.15) is 0 Å². The number of aromatic nitrogens is 2. The molecule has 0 aliphatic carbocycles. The second-order valence-electron chi connectivity index (χ2n) is 7.37. The van der Waals surface area contributed by atoms with E-state index in [4.69, 9.17) is 14.2 Å². The Labute approximate surface area is 199 Å². The summed E-state index contributed by atoms with van der Waals surface area (Å²) in [4.78, 5) is 41.4. The summed E-state index contributed by atoms with van der Waals surface area (Å²) in [7, 11) is 3.05. The fourth-order valence-electron chi connectivity index (χ4n) is 3.76. The Hall–Kier alpha value is -4.73. The SMILES string of the molecule is CCOC(=O)c1cc(C(=O)c2ccccc2[N+](=O)[O-])n2cnc(-c3ccc(OC)c(OC)c3)cc12. The Morgan fingerprint density at radius 1 is 1.00 bits per heavy atom. The van der Waals surface area contributed by atoms with Crippen LogP contribution >= 0.6 is 0 Å². The molecule has 2 aromatic heterocycles. The molecule has 4 rings (SSSR count). The van der Waals surface area contributed by atoms with Crippen molar-refractivity contribution in [3.8, 4) is 22.8 Å². The van der Waals surface area contributed by atoms with Crippen molar-refractivity contribution in [1.82, 2.24) is 9.38 Å². The van der Waals surface area contributed by atoms with Gasteiger partial charge in [-0.1, -0.05) is 12.1 Å². The summed E-state index contributed by atoms with van der Waals surface area (Å²) in [6.07, 6.45) is 1.39. The molecule has 0 atom stereocenters. The molecule has 178 valence electrons. The Balaban J connectivity index is 1.90. The van der Waals surface area contributed by atoms with Gasteiger partial charge >= 0.3 is 5.97 Å². The molecule has 0 unspecified atom stereocenters. The van der Waals surface area contributed by atoms with Crippen LogP contribution in [0.5, 0.6) is 11.5 Å². The van der Waals surface area contributed by atoms with E-state index in [0.29, 0.717) is 28.3 Å². The lowest BCUT2D eigenvalue weighted by Gasteiger charge is -2.10. The van der Waals surface area contributed by atoms with E-state index in [1.807, 2.05) is 0 Å². The van der Waals surface area contributed by atoms with Crippen LogP contribution in [-0.2, 0) is 4.74 Å². The van der Waals surface area contributed by atoms with E-state index in [2.05, 4.69) is 4.98 Å². The van der Waals surface area contributed by atoms with Crippen LogP contribution in [0.15, 0.2) is 60.9 Å². The van der Waals surface area contributed by atoms with Crippen molar-refractivity contribution < 1.29 is 28.7 Å². The number of nitrogens with zero attached hydrogens (tertiary/aromatic N) is 3. The molecular weight excluding hydrogens is 454 g/mol. The van der Waals surface area contributed by atoms with E-state index in [1.54, 1.807) is 31.2 Å². The molecule has 2 aromatic carbocycles. The fourth-order valence-corrected chi connectivity index (χ4v) is 3.76. The van der Waals surface area contributed by atoms with Gasteiger partial charge in [-0.3, -0.25) is 19.3 Å². The van der Waals surface area contributed by atoms with Gasteiger partial charge in [-0.05, 0) is 43.3 Å². The quantitative estimate of drug-likeness (QED) is 0.160. The minimum absolute atomic E-state index is 0.0451. The molecular formula is C25H21N3O7. The summed E-state index contributed by atoms with van der Waals surface area (Å²) >= 11 is 0. The van der Waals surface area contributed by atoms with Crippen molar-refractivity contribution in [2.75, 3.05) is 20.8 Å². The highest BCUT2D eigenvalue weighted by atomic mass is 16.6. The number of ketones is 1. The van der Waals surface area contributed by atoms with Gasteiger partial charge in [0.15, 0.2) is 11.5 Å². The number of fused-ring (bicyclic) bond motifs is 1. The maximum absolute atomic E-state index is 13.4. The molecule has 0 N–H and O–H groups in total. The number of methoxy groups -OCH3 is 2. The zero-order chi connectivity index (χ0) is 25.1. The highest BCUT2D eigenvalue weighted by molar-refractivity contribution is 6.13. The first-order valence-electron chi connectivity index (χ1n) is 10.6. The van der Waals surface area contributed by atoms with Crippen molar-refractivity contribution in [2.24, 2.45) is 0 Å². The van der Waals surface area contributed by atoms with Crippen molar-refractivity contribution >= 4 is 23.0 Å². The number of benzene rings is 2. The van der Waals surface area contributed by atoms with Crippen LogP contribution in [0.4, 0.5) is 5.69 Å². The lowest BCUT2D eigenvalue weighted by Crippen LogP contribution is -2.08. The monoisotopic (exact) mass is 475 g/mol.